The van der Waals surface area contributed by atoms with E-state index in [1.165, 1.54) is 23.3 Å². The lowest BCUT2D eigenvalue weighted by atomic mass is 9.92. The van der Waals surface area contributed by atoms with E-state index in [9.17, 15) is 20.1 Å². The zero-order valence-electron chi connectivity index (χ0n) is 21.7. The van der Waals surface area contributed by atoms with Gasteiger partial charge in [0, 0.05) is 28.8 Å². The molecule has 0 saturated carbocycles. The molecule has 36 heavy (non-hydrogen) atoms. The molecule has 4 rings (SSSR count). The van der Waals surface area contributed by atoms with E-state index in [0.29, 0.717) is 41.8 Å². The average Bonchev–Trinajstić information content (AvgIpc) is 3.44. The molecule has 0 aliphatic carbocycles. The highest BCUT2D eigenvalue weighted by molar-refractivity contribution is 6.08. The smallest absolute Gasteiger partial charge is 0.258 e. The minimum atomic E-state index is -0.347. The summed E-state index contributed by atoms with van der Waals surface area (Å²) in [5, 5.41) is 31.2. The van der Waals surface area contributed by atoms with Gasteiger partial charge in [0.15, 0.2) is 0 Å². The second-order valence-corrected chi connectivity index (χ2v) is 10.5. The van der Waals surface area contributed by atoms with Crippen molar-refractivity contribution < 1.29 is 24.9 Å². The number of nitrogens with zero attached hydrogens (tertiary/aromatic N) is 1. The minimum Gasteiger partial charge on any atom is -0.508 e. The van der Waals surface area contributed by atoms with Crippen LogP contribution in [0, 0.1) is 0 Å². The average molecular weight is 492 g/mol. The first-order valence-electron chi connectivity index (χ1n) is 12.7. The minimum absolute atomic E-state index is 0.0603. The Labute approximate surface area is 213 Å². The molecule has 0 bridgehead atoms. The van der Waals surface area contributed by atoms with E-state index < -0.39 is 0 Å². The van der Waals surface area contributed by atoms with Gasteiger partial charge >= 0.3 is 0 Å². The predicted octanol–water partition coefficient (Wildman–Crippen LogP) is 6.18. The van der Waals surface area contributed by atoms with Gasteiger partial charge in [0.2, 0.25) is 0 Å². The summed E-state index contributed by atoms with van der Waals surface area (Å²) in [6.07, 6.45) is 9.03. The highest BCUT2D eigenvalue weighted by Gasteiger charge is 2.52. The van der Waals surface area contributed by atoms with Crippen molar-refractivity contribution in [2.75, 3.05) is 11.4 Å². The number of epoxide rings is 1. The number of aromatic hydroxyl groups is 3. The number of carbonyl (C=O) groups is 1. The largest absolute Gasteiger partial charge is 0.508 e. The molecule has 1 amide bonds. The summed E-state index contributed by atoms with van der Waals surface area (Å²) in [6, 6.07) is 7.77. The van der Waals surface area contributed by atoms with Crippen LogP contribution in [0.5, 0.6) is 17.2 Å². The quantitative estimate of drug-likeness (QED) is 0.303. The number of rotatable bonds is 8. The first-order valence-corrected chi connectivity index (χ1v) is 12.7. The molecule has 6 nitrogen and oxygen atoms in total. The summed E-state index contributed by atoms with van der Waals surface area (Å²) >= 11 is 0. The number of carbonyl (C=O) groups excluding carboxylic acids is 1. The number of hydrogen-bond acceptors (Lipinski definition) is 5. The Balaban J connectivity index is 1.52. The molecule has 2 aliphatic heterocycles. The van der Waals surface area contributed by atoms with Crippen molar-refractivity contribution in [2.45, 2.75) is 77.9 Å². The molecular weight excluding hydrogens is 454 g/mol. The molecule has 2 aliphatic rings. The Morgan fingerprint density at radius 1 is 1.06 bits per heavy atom. The molecule has 2 unspecified atom stereocenters. The normalized spacial score (nSPS) is 21.3. The maximum atomic E-state index is 13.7. The summed E-state index contributed by atoms with van der Waals surface area (Å²) in [7, 11) is 0. The van der Waals surface area contributed by atoms with Gasteiger partial charge in [0.25, 0.3) is 5.91 Å². The standard InChI is InChI=1S/C30H37NO5/c1-19(2)8-5-9-20(3)10-7-15-30(4)28(36-30)18-31-25-16-21(32)17-27(34)24(25)14-13-22-23(29(31)35)11-6-12-26(22)33/h6,8,10-12,16-17,28,32-34H,5,7,9,13-15,18H2,1-4H3/b20-10+. The van der Waals surface area contributed by atoms with Crippen LogP contribution < -0.4 is 4.90 Å². The highest BCUT2D eigenvalue weighted by Crippen LogP contribution is 2.44. The Morgan fingerprint density at radius 2 is 1.81 bits per heavy atom. The summed E-state index contributed by atoms with van der Waals surface area (Å²) in [5.74, 6) is -0.370. The van der Waals surface area contributed by atoms with E-state index in [2.05, 4.69) is 39.8 Å². The van der Waals surface area contributed by atoms with Gasteiger partial charge in [-0.2, -0.15) is 0 Å². The summed E-state index contributed by atoms with van der Waals surface area (Å²) in [4.78, 5) is 15.3. The molecule has 0 spiro atoms. The molecule has 2 aromatic carbocycles. The maximum absolute atomic E-state index is 13.7. The van der Waals surface area contributed by atoms with Crippen molar-refractivity contribution in [1.82, 2.24) is 0 Å². The maximum Gasteiger partial charge on any atom is 0.258 e. The van der Waals surface area contributed by atoms with E-state index in [-0.39, 0.29) is 34.9 Å². The van der Waals surface area contributed by atoms with E-state index >= 15 is 0 Å². The number of phenolic OH excluding ortho intramolecular Hbond substituents is 3. The summed E-state index contributed by atoms with van der Waals surface area (Å²) in [6.45, 7) is 8.75. The first-order chi connectivity index (χ1) is 17.1. The molecule has 2 heterocycles. The third-order valence-electron chi connectivity index (χ3n) is 7.34. The van der Waals surface area contributed by atoms with Crippen molar-refractivity contribution >= 4 is 11.6 Å². The van der Waals surface area contributed by atoms with Crippen LogP contribution in [0.1, 0.15) is 74.9 Å². The second kappa shape index (κ2) is 10.4. The van der Waals surface area contributed by atoms with Gasteiger partial charge in [-0.05, 0) is 78.4 Å². The molecule has 0 radical (unpaired) electrons. The summed E-state index contributed by atoms with van der Waals surface area (Å²) in [5.41, 5.74) is 4.42. The van der Waals surface area contributed by atoms with Crippen LogP contribution in [-0.2, 0) is 17.6 Å². The van der Waals surface area contributed by atoms with Crippen LogP contribution in [-0.4, -0.2) is 39.5 Å². The zero-order chi connectivity index (χ0) is 26.0. The van der Waals surface area contributed by atoms with Gasteiger partial charge in [-0.1, -0.05) is 29.4 Å². The number of benzene rings is 2. The van der Waals surface area contributed by atoms with Gasteiger partial charge in [0.1, 0.15) is 23.4 Å². The zero-order valence-corrected chi connectivity index (χ0v) is 21.7. The fourth-order valence-electron chi connectivity index (χ4n) is 5.05. The van der Waals surface area contributed by atoms with Crippen LogP contribution in [0.4, 0.5) is 5.69 Å². The number of phenols is 3. The van der Waals surface area contributed by atoms with Crippen molar-refractivity contribution in [2.24, 2.45) is 0 Å². The number of amides is 1. The monoisotopic (exact) mass is 491 g/mol. The molecule has 1 saturated heterocycles. The fourth-order valence-corrected chi connectivity index (χ4v) is 5.05. The third kappa shape index (κ3) is 5.59. The van der Waals surface area contributed by atoms with Gasteiger partial charge in [-0.15, -0.1) is 0 Å². The van der Waals surface area contributed by atoms with Crippen LogP contribution in [0.3, 0.4) is 0 Å². The van der Waals surface area contributed by atoms with Crippen LogP contribution in [0.15, 0.2) is 53.6 Å². The van der Waals surface area contributed by atoms with Crippen molar-refractivity contribution in [1.29, 1.82) is 0 Å². The van der Waals surface area contributed by atoms with Crippen molar-refractivity contribution in [3.05, 3.63) is 70.3 Å². The lowest BCUT2D eigenvalue weighted by Crippen LogP contribution is -2.38. The van der Waals surface area contributed by atoms with Crippen LogP contribution in [0.25, 0.3) is 0 Å². The molecule has 192 valence electrons. The highest BCUT2D eigenvalue weighted by atomic mass is 16.6. The topological polar surface area (TPSA) is 93.5 Å². The van der Waals surface area contributed by atoms with Gasteiger partial charge < -0.3 is 25.0 Å². The Hall–Kier alpha value is -3.25. The Bertz CT molecular complexity index is 1210. The second-order valence-electron chi connectivity index (χ2n) is 10.5. The summed E-state index contributed by atoms with van der Waals surface area (Å²) < 4.78 is 6.10. The third-order valence-corrected chi connectivity index (χ3v) is 7.34. The number of hydrogen-bond donors (Lipinski definition) is 3. The molecule has 1 fully saturated rings. The fraction of sp³-hybridized carbons (Fsp3) is 0.433. The number of anilines is 1. The van der Waals surface area contributed by atoms with Gasteiger partial charge in [0.05, 0.1) is 17.8 Å². The molecule has 0 aromatic heterocycles. The van der Waals surface area contributed by atoms with Crippen LogP contribution >= 0.6 is 0 Å². The van der Waals surface area contributed by atoms with E-state index in [1.54, 1.807) is 23.1 Å². The molecular formula is C30H37NO5. The number of ether oxygens (including phenoxy) is 1. The van der Waals surface area contributed by atoms with Crippen molar-refractivity contribution in [3.63, 3.8) is 0 Å². The molecule has 6 heteroatoms. The van der Waals surface area contributed by atoms with E-state index in [4.69, 9.17) is 4.74 Å². The molecule has 2 aromatic rings. The lowest BCUT2D eigenvalue weighted by molar-refractivity contribution is 0.0982. The Morgan fingerprint density at radius 3 is 2.56 bits per heavy atom. The lowest BCUT2D eigenvalue weighted by Gasteiger charge is -2.29. The number of fused-ring (bicyclic) bond motifs is 2. The van der Waals surface area contributed by atoms with Crippen LogP contribution in [0.2, 0.25) is 0 Å². The molecule has 3 N–H and O–H groups in total. The Kier molecular flexibility index (Phi) is 7.46. The molecule has 2 atom stereocenters. The number of allylic oxidation sites excluding steroid dienone is 4. The predicted molar refractivity (Wildman–Crippen MR) is 142 cm³/mol. The van der Waals surface area contributed by atoms with E-state index in [1.807, 2.05) is 0 Å². The SMILES string of the molecule is CC(C)=CCC/C(C)=C/CCC1(C)OC1CN1C(=O)c2cccc(O)c2CCc2c(O)cc(O)cc21. The van der Waals surface area contributed by atoms with Crippen molar-refractivity contribution in [3.8, 4) is 17.2 Å². The van der Waals surface area contributed by atoms with Gasteiger partial charge in [-0.25, -0.2) is 0 Å². The first kappa shape index (κ1) is 25.8. The van der Waals surface area contributed by atoms with E-state index in [0.717, 1.165) is 25.7 Å². The van der Waals surface area contributed by atoms with Gasteiger partial charge in [-0.3, -0.25) is 4.79 Å².